The first-order valence-electron chi connectivity index (χ1n) is 5.91. The Morgan fingerprint density at radius 1 is 1.40 bits per heavy atom. The number of nitrogens with zero attached hydrogens (tertiary/aromatic N) is 1. The molecule has 0 radical (unpaired) electrons. The third-order valence-corrected chi connectivity index (χ3v) is 2.71. The lowest BCUT2D eigenvalue weighted by Crippen LogP contribution is -2.33. The molecular formula is C11H23N3O. The van der Waals surface area contributed by atoms with Crippen LogP contribution < -0.4 is 10.6 Å². The van der Waals surface area contributed by atoms with E-state index in [0.717, 1.165) is 32.2 Å². The molecule has 1 rings (SSSR count). The lowest BCUT2D eigenvalue weighted by molar-refractivity contribution is -0.120. The highest BCUT2D eigenvalue weighted by Crippen LogP contribution is 2.24. The summed E-state index contributed by atoms with van der Waals surface area (Å²) in [6.07, 6.45) is 3.30. The van der Waals surface area contributed by atoms with E-state index in [9.17, 15) is 4.79 Å². The van der Waals surface area contributed by atoms with Crippen LogP contribution >= 0.6 is 0 Å². The first-order chi connectivity index (χ1) is 7.24. The summed E-state index contributed by atoms with van der Waals surface area (Å²) in [5.74, 6) is 0.139. The van der Waals surface area contributed by atoms with E-state index in [1.165, 1.54) is 12.8 Å². The van der Waals surface area contributed by atoms with Crippen molar-refractivity contribution in [3.63, 3.8) is 0 Å². The molecule has 0 unspecified atom stereocenters. The van der Waals surface area contributed by atoms with Crippen LogP contribution in [-0.4, -0.2) is 50.1 Å². The fourth-order valence-electron chi connectivity index (χ4n) is 1.57. The Labute approximate surface area is 92.4 Å². The second-order valence-electron chi connectivity index (χ2n) is 4.17. The minimum absolute atomic E-state index is 0.139. The molecule has 0 heterocycles. The van der Waals surface area contributed by atoms with Crippen LogP contribution in [0.1, 0.15) is 26.2 Å². The molecule has 1 aliphatic carbocycles. The monoisotopic (exact) mass is 213 g/mol. The van der Waals surface area contributed by atoms with Gasteiger partial charge in [-0.1, -0.05) is 0 Å². The Kier molecular flexibility index (Phi) is 5.65. The van der Waals surface area contributed by atoms with Gasteiger partial charge in [-0.05, 0) is 26.8 Å². The zero-order valence-electron chi connectivity index (χ0n) is 9.88. The molecule has 0 aliphatic heterocycles. The van der Waals surface area contributed by atoms with Crippen LogP contribution in [0.25, 0.3) is 0 Å². The third kappa shape index (κ3) is 5.74. The molecular weight excluding hydrogens is 190 g/mol. The molecule has 4 heteroatoms. The second-order valence-corrected chi connectivity index (χ2v) is 4.17. The predicted molar refractivity (Wildman–Crippen MR) is 61.8 cm³/mol. The van der Waals surface area contributed by atoms with E-state index in [0.29, 0.717) is 6.42 Å². The van der Waals surface area contributed by atoms with E-state index in [-0.39, 0.29) is 5.91 Å². The van der Waals surface area contributed by atoms with Gasteiger partial charge in [0.1, 0.15) is 0 Å². The van der Waals surface area contributed by atoms with E-state index < -0.39 is 0 Å². The fourth-order valence-corrected chi connectivity index (χ4v) is 1.57. The minimum Gasteiger partial charge on any atom is -0.356 e. The summed E-state index contributed by atoms with van der Waals surface area (Å²) >= 11 is 0. The second kappa shape index (κ2) is 6.80. The van der Waals surface area contributed by atoms with Gasteiger partial charge < -0.3 is 15.5 Å². The molecule has 15 heavy (non-hydrogen) atoms. The van der Waals surface area contributed by atoms with Crippen LogP contribution in [0, 0.1) is 0 Å². The Morgan fingerprint density at radius 2 is 2.13 bits per heavy atom. The fraction of sp³-hybridized carbons (Fsp3) is 0.909. The number of hydrogen-bond acceptors (Lipinski definition) is 3. The number of nitrogens with one attached hydrogen (secondary N) is 2. The summed E-state index contributed by atoms with van der Waals surface area (Å²) < 4.78 is 0. The van der Waals surface area contributed by atoms with Gasteiger partial charge in [-0.25, -0.2) is 0 Å². The molecule has 1 amide bonds. The molecule has 4 nitrogen and oxygen atoms in total. The smallest absolute Gasteiger partial charge is 0.221 e. The number of carbonyl (C=O) groups excluding carboxylic acids is 1. The van der Waals surface area contributed by atoms with Gasteiger partial charge in [0.2, 0.25) is 5.91 Å². The van der Waals surface area contributed by atoms with Gasteiger partial charge in [-0.15, -0.1) is 0 Å². The van der Waals surface area contributed by atoms with Crippen molar-refractivity contribution in [2.24, 2.45) is 0 Å². The van der Waals surface area contributed by atoms with Gasteiger partial charge >= 0.3 is 0 Å². The van der Waals surface area contributed by atoms with E-state index >= 15 is 0 Å². The number of amides is 1. The third-order valence-electron chi connectivity index (χ3n) is 2.71. The average Bonchev–Trinajstić information content (AvgIpc) is 3.00. The van der Waals surface area contributed by atoms with E-state index in [4.69, 9.17) is 0 Å². The van der Waals surface area contributed by atoms with Crippen molar-refractivity contribution in [3.05, 3.63) is 0 Å². The van der Waals surface area contributed by atoms with E-state index in [1.807, 2.05) is 6.92 Å². The van der Waals surface area contributed by atoms with Crippen LogP contribution in [0.5, 0.6) is 0 Å². The van der Waals surface area contributed by atoms with Crippen molar-refractivity contribution >= 4 is 5.91 Å². The first kappa shape index (κ1) is 12.5. The van der Waals surface area contributed by atoms with Crippen LogP contribution in [0.4, 0.5) is 0 Å². The Morgan fingerprint density at radius 3 is 2.73 bits per heavy atom. The standard InChI is InChI=1S/C11H23N3O/c1-3-13-11(15)6-7-12-8-9-14(2)10-4-5-10/h10,12H,3-9H2,1-2H3,(H,13,15). The average molecular weight is 213 g/mol. The maximum atomic E-state index is 11.1. The van der Waals surface area contributed by atoms with Crippen molar-refractivity contribution in [2.45, 2.75) is 32.2 Å². The molecule has 0 aromatic carbocycles. The number of hydrogen-bond donors (Lipinski definition) is 2. The molecule has 0 atom stereocenters. The highest BCUT2D eigenvalue weighted by Gasteiger charge is 2.25. The van der Waals surface area contributed by atoms with E-state index in [1.54, 1.807) is 0 Å². The number of rotatable bonds is 8. The van der Waals surface area contributed by atoms with Crippen LogP contribution in [-0.2, 0) is 4.79 Å². The maximum absolute atomic E-state index is 11.1. The molecule has 0 bridgehead atoms. The Bertz CT molecular complexity index is 192. The van der Waals surface area contributed by atoms with Crippen molar-refractivity contribution < 1.29 is 4.79 Å². The molecule has 0 saturated heterocycles. The highest BCUT2D eigenvalue weighted by atomic mass is 16.1. The summed E-state index contributed by atoms with van der Waals surface area (Å²) in [7, 11) is 2.17. The van der Waals surface area contributed by atoms with Gasteiger partial charge in [-0.2, -0.15) is 0 Å². The lowest BCUT2D eigenvalue weighted by Gasteiger charge is -2.15. The van der Waals surface area contributed by atoms with Gasteiger partial charge in [0.25, 0.3) is 0 Å². The summed E-state index contributed by atoms with van der Waals surface area (Å²) in [6, 6.07) is 0.829. The van der Waals surface area contributed by atoms with Crippen molar-refractivity contribution in [2.75, 3.05) is 33.2 Å². The Hall–Kier alpha value is -0.610. The van der Waals surface area contributed by atoms with E-state index in [2.05, 4.69) is 22.6 Å². The van der Waals surface area contributed by atoms with Gasteiger partial charge in [0.05, 0.1) is 0 Å². The van der Waals surface area contributed by atoms with Crippen LogP contribution in [0.3, 0.4) is 0 Å². The quantitative estimate of drug-likeness (QED) is 0.566. The highest BCUT2D eigenvalue weighted by molar-refractivity contribution is 5.75. The number of carbonyl (C=O) groups is 1. The molecule has 1 aliphatic rings. The molecule has 88 valence electrons. The molecule has 0 spiro atoms. The molecule has 2 N–H and O–H groups in total. The largest absolute Gasteiger partial charge is 0.356 e. The molecule has 1 saturated carbocycles. The molecule has 0 aromatic heterocycles. The predicted octanol–water partition coefficient (Wildman–Crippen LogP) is 0.196. The summed E-state index contributed by atoms with van der Waals surface area (Å²) in [5, 5.41) is 6.07. The Balaban J connectivity index is 1.85. The molecule has 0 aromatic rings. The van der Waals surface area contributed by atoms with Gasteiger partial charge in [0.15, 0.2) is 0 Å². The van der Waals surface area contributed by atoms with Gasteiger partial charge in [-0.3, -0.25) is 4.79 Å². The van der Waals surface area contributed by atoms with Crippen molar-refractivity contribution in [3.8, 4) is 0 Å². The first-order valence-corrected chi connectivity index (χ1v) is 5.91. The maximum Gasteiger partial charge on any atom is 0.221 e. The number of likely N-dealkylation sites (N-methyl/N-ethyl adjacent to an activating group) is 1. The zero-order valence-corrected chi connectivity index (χ0v) is 9.88. The summed E-state index contributed by atoms with van der Waals surface area (Å²) in [6.45, 7) is 5.51. The lowest BCUT2D eigenvalue weighted by atomic mass is 10.4. The van der Waals surface area contributed by atoms with Crippen molar-refractivity contribution in [1.29, 1.82) is 0 Å². The SMILES string of the molecule is CCNC(=O)CCNCCN(C)C1CC1. The zero-order chi connectivity index (χ0) is 11.1. The topological polar surface area (TPSA) is 44.4 Å². The molecule has 1 fully saturated rings. The van der Waals surface area contributed by atoms with Crippen LogP contribution in [0.15, 0.2) is 0 Å². The van der Waals surface area contributed by atoms with Gasteiger partial charge in [0, 0.05) is 38.6 Å². The normalized spacial score (nSPS) is 15.7. The summed E-state index contributed by atoms with van der Waals surface area (Å²) in [4.78, 5) is 13.5. The van der Waals surface area contributed by atoms with Crippen LogP contribution in [0.2, 0.25) is 0 Å². The summed E-state index contributed by atoms with van der Waals surface area (Å²) in [5.41, 5.74) is 0. The minimum atomic E-state index is 0.139. The van der Waals surface area contributed by atoms with Crippen molar-refractivity contribution in [1.82, 2.24) is 15.5 Å².